The molecule has 30 heavy (non-hydrogen) atoms. The summed E-state index contributed by atoms with van der Waals surface area (Å²) in [6.45, 7) is 3.91. The summed E-state index contributed by atoms with van der Waals surface area (Å²) in [7, 11) is 0. The van der Waals surface area contributed by atoms with E-state index in [1.54, 1.807) is 0 Å². The number of anilines is 1. The van der Waals surface area contributed by atoms with Crippen LogP contribution in [0.15, 0.2) is 36.4 Å². The summed E-state index contributed by atoms with van der Waals surface area (Å²) < 4.78 is 10.4. The molecule has 1 heterocycles. The third-order valence-corrected chi connectivity index (χ3v) is 5.27. The lowest BCUT2D eigenvalue weighted by Gasteiger charge is -2.27. The Balaban J connectivity index is 1.52. The minimum Gasteiger partial charge on any atom is -0.452 e. The molecule has 1 saturated heterocycles. The molecule has 0 radical (unpaired) electrons. The molecule has 0 bridgehead atoms. The molecule has 0 saturated carbocycles. The molecule has 0 unspecified atom stereocenters. The first-order chi connectivity index (χ1) is 14.4. The van der Waals surface area contributed by atoms with Crippen molar-refractivity contribution in [1.82, 2.24) is 10.2 Å². The van der Waals surface area contributed by atoms with Crippen LogP contribution in [-0.2, 0) is 27.4 Å². The van der Waals surface area contributed by atoms with Gasteiger partial charge < -0.3 is 20.5 Å². The first-order valence-corrected chi connectivity index (χ1v) is 10.2. The lowest BCUT2D eigenvalue weighted by Crippen LogP contribution is -2.36. The lowest BCUT2D eigenvalue weighted by atomic mass is 10.1. The Morgan fingerprint density at radius 1 is 1.13 bits per heavy atom. The van der Waals surface area contributed by atoms with Gasteiger partial charge in [-0.15, -0.1) is 0 Å². The number of benzene rings is 2. The number of halogens is 2. The fourth-order valence-electron chi connectivity index (χ4n) is 3.09. The maximum atomic E-state index is 12.2. The summed E-state index contributed by atoms with van der Waals surface area (Å²) >= 11 is 11.8. The number of hydrogen-bond donors (Lipinski definition) is 2. The van der Waals surface area contributed by atoms with Crippen LogP contribution < -0.4 is 11.1 Å². The minimum atomic E-state index is -0.764. The number of amides is 1. The smallest absolute Gasteiger partial charge is 0.340 e. The monoisotopic (exact) mass is 451 g/mol. The van der Waals surface area contributed by atoms with Crippen LogP contribution >= 0.6 is 23.2 Å². The van der Waals surface area contributed by atoms with Gasteiger partial charge in [0.25, 0.3) is 5.91 Å². The van der Waals surface area contributed by atoms with Gasteiger partial charge in [-0.25, -0.2) is 4.79 Å². The summed E-state index contributed by atoms with van der Waals surface area (Å²) in [4.78, 5) is 26.7. The summed E-state index contributed by atoms with van der Waals surface area (Å²) in [5.41, 5.74) is 8.01. The standard InChI is InChI=1S/C21H23Cl2N3O4/c22-16-9-17(20(24)18(23)10-16)21(28)30-13-19(27)25-11-14-3-1-2-4-15(14)12-26-5-7-29-8-6-26/h1-4,9-10H,5-8,11-13,24H2,(H,25,27). The molecule has 2 aromatic rings. The highest BCUT2D eigenvalue weighted by Crippen LogP contribution is 2.28. The van der Waals surface area contributed by atoms with Gasteiger partial charge in [-0.1, -0.05) is 47.5 Å². The number of ether oxygens (including phenoxy) is 2. The number of carbonyl (C=O) groups excluding carboxylic acids is 2. The Morgan fingerprint density at radius 3 is 2.57 bits per heavy atom. The maximum Gasteiger partial charge on any atom is 0.340 e. The van der Waals surface area contributed by atoms with Gasteiger partial charge >= 0.3 is 5.97 Å². The Kier molecular flexibility index (Phi) is 7.93. The largest absolute Gasteiger partial charge is 0.452 e. The van der Waals surface area contributed by atoms with Crippen LogP contribution in [0.3, 0.4) is 0 Å². The Bertz CT molecular complexity index is 917. The van der Waals surface area contributed by atoms with E-state index >= 15 is 0 Å². The topological polar surface area (TPSA) is 93.9 Å². The molecule has 7 nitrogen and oxygen atoms in total. The number of carbonyl (C=O) groups is 2. The van der Waals surface area contributed by atoms with Crippen LogP contribution in [-0.4, -0.2) is 49.7 Å². The van der Waals surface area contributed by atoms with Gasteiger partial charge in [-0.2, -0.15) is 0 Å². The first-order valence-electron chi connectivity index (χ1n) is 9.49. The van der Waals surface area contributed by atoms with E-state index in [4.69, 9.17) is 38.4 Å². The van der Waals surface area contributed by atoms with Crippen molar-refractivity contribution in [1.29, 1.82) is 0 Å². The molecule has 1 fully saturated rings. The zero-order valence-electron chi connectivity index (χ0n) is 16.3. The highest BCUT2D eigenvalue weighted by atomic mass is 35.5. The van der Waals surface area contributed by atoms with E-state index in [1.165, 1.54) is 12.1 Å². The van der Waals surface area contributed by atoms with Crippen LogP contribution in [0.4, 0.5) is 5.69 Å². The number of esters is 1. The van der Waals surface area contributed by atoms with E-state index in [-0.39, 0.29) is 21.3 Å². The van der Waals surface area contributed by atoms with Gasteiger partial charge in [0.15, 0.2) is 6.61 Å². The Morgan fingerprint density at radius 2 is 1.83 bits per heavy atom. The number of morpholine rings is 1. The Labute approximate surface area is 185 Å². The molecular formula is C21H23Cl2N3O4. The molecule has 3 N–H and O–H groups in total. The predicted molar refractivity (Wildman–Crippen MR) is 116 cm³/mol. The second kappa shape index (κ2) is 10.6. The van der Waals surface area contributed by atoms with Crippen LogP contribution in [0.5, 0.6) is 0 Å². The second-order valence-corrected chi connectivity index (χ2v) is 7.70. The number of nitrogens with zero attached hydrogens (tertiary/aromatic N) is 1. The molecular weight excluding hydrogens is 429 g/mol. The van der Waals surface area contributed by atoms with Gasteiger partial charge in [0.1, 0.15) is 0 Å². The summed E-state index contributed by atoms with van der Waals surface area (Å²) in [5.74, 6) is -1.18. The van der Waals surface area contributed by atoms with E-state index in [0.29, 0.717) is 6.54 Å². The van der Waals surface area contributed by atoms with Crippen molar-refractivity contribution >= 4 is 40.8 Å². The minimum absolute atomic E-state index is 0.0242. The van der Waals surface area contributed by atoms with Gasteiger partial charge in [0.05, 0.1) is 29.5 Å². The molecule has 9 heteroatoms. The van der Waals surface area contributed by atoms with E-state index in [2.05, 4.69) is 10.2 Å². The average molecular weight is 452 g/mol. The first kappa shape index (κ1) is 22.4. The molecule has 3 rings (SSSR count). The van der Waals surface area contributed by atoms with Crippen LogP contribution in [0, 0.1) is 0 Å². The summed E-state index contributed by atoms with van der Waals surface area (Å²) in [5, 5.41) is 3.18. The van der Waals surface area contributed by atoms with Crippen molar-refractivity contribution in [3.63, 3.8) is 0 Å². The molecule has 2 aromatic carbocycles. The highest BCUT2D eigenvalue weighted by Gasteiger charge is 2.17. The fraction of sp³-hybridized carbons (Fsp3) is 0.333. The van der Waals surface area contributed by atoms with Gasteiger partial charge in [-0.3, -0.25) is 9.69 Å². The third kappa shape index (κ3) is 6.09. The molecule has 0 spiro atoms. The number of nitrogens with one attached hydrogen (secondary N) is 1. The van der Waals surface area contributed by atoms with Crippen LogP contribution in [0.2, 0.25) is 10.0 Å². The molecule has 1 aliphatic heterocycles. The van der Waals surface area contributed by atoms with E-state index < -0.39 is 18.5 Å². The van der Waals surface area contributed by atoms with E-state index in [0.717, 1.165) is 44.0 Å². The zero-order chi connectivity index (χ0) is 21.5. The molecule has 1 aliphatic rings. The van der Waals surface area contributed by atoms with Crippen LogP contribution in [0.1, 0.15) is 21.5 Å². The molecule has 1 amide bonds. The van der Waals surface area contributed by atoms with Crippen molar-refractivity contribution in [3.05, 3.63) is 63.1 Å². The number of hydrogen-bond acceptors (Lipinski definition) is 6. The van der Waals surface area contributed by atoms with Crippen molar-refractivity contribution < 1.29 is 19.1 Å². The van der Waals surface area contributed by atoms with E-state index in [1.807, 2.05) is 24.3 Å². The third-order valence-electron chi connectivity index (χ3n) is 4.74. The maximum absolute atomic E-state index is 12.2. The van der Waals surface area contributed by atoms with E-state index in [9.17, 15) is 9.59 Å². The van der Waals surface area contributed by atoms with Gasteiger partial charge in [0, 0.05) is 31.2 Å². The number of nitrogens with two attached hydrogens (primary N) is 1. The fourth-order valence-corrected chi connectivity index (χ4v) is 3.59. The molecule has 0 aliphatic carbocycles. The molecule has 160 valence electrons. The summed E-state index contributed by atoms with van der Waals surface area (Å²) in [6.07, 6.45) is 0. The number of nitrogen functional groups attached to an aromatic ring is 1. The Hall–Kier alpha value is -2.32. The van der Waals surface area contributed by atoms with Crippen molar-refractivity contribution in [2.75, 3.05) is 38.6 Å². The normalized spacial score (nSPS) is 14.3. The quantitative estimate of drug-likeness (QED) is 0.496. The second-order valence-electron chi connectivity index (χ2n) is 6.86. The highest BCUT2D eigenvalue weighted by molar-refractivity contribution is 6.37. The lowest BCUT2D eigenvalue weighted by molar-refractivity contribution is -0.124. The summed E-state index contributed by atoms with van der Waals surface area (Å²) in [6, 6.07) is 10.7. The predicted octanol–water partition coefficient (Wildman–Crippen LogP) is 2.88. The van der Waals surface area contributed by atoms with Gasteiger partial charge in [0.2, 0.25) is 0 Å². The average Bonchev–Trinajstić information content (AvgIpc) is 2.74. The van der Waals surface area contributed by atoms with Crippen LogP contribution in [0.25, 0.3) is 0 Å². The van der Waals surface area contributed by atoms with Gasteiger partial charge in [-0.05, 0) is 23.3 Å². The SMILES string of the molecule is Nc1c(Cl)cc(Cl)cc1C(=O)OCC(=O)NCc1ccccc1CN1CCOCC1. The van der Waals surface area contributed by atoms with Crippen molar-refractivity contribution in [3.8, 4) is 0 Å². The van der Waals surface area contributed by atoms with Crippen molar-refractivity contribution in [2.24, 2.45) is 0 Å². The van der Waals surface area contributed by atoms with Crippen molar-refractivity contribution in [2.45, 2.75) is 13.1 Å². The zero-order valence-corrected chi connectivity index (χ0v) is 17.8. The molecule has 0 atom stereocenters. The molecule has 0 aromatic heterocycles. The number of rotatable bonds is 7.